The van der Waals surface area contributed by atoms with Crippen molar-refractivity contribution in [3.05, 3.63) is 70.3 Å². The smallest absolute Gasteiger partial charge is 0.0685 e. The number of aryl methyl sites for hydroxylation is 1. The lowest BCUT2D eigenvalue weighted by molar-refractivity contribution is 0.133. The van der Waals surface area contributed by atoms with Gasteiger partial charge in [-0.25, -0.2) is 0 Å². The molecule has 0 aliphatic heterocycles. The predicted octanol–water partition coefficient (Wildman–Crippen LogP) is 3.89. The van der Waals surface area contributed by atoms with Gasteiger partial charge in [0, 0.05) is 13.2 Å². The van der Waals surface area contributed by atoms with Crippen LogP contribution in [0.1, 0.15) is 53.5 Å². The van der Waals surface area contributed by atoms with Gasteiger partial charge in [0.1, 0.15) is 0 Å². The molecule has 0 heterocycles. The number of aliphatic hydroxyl groups is 2. The largest absolute Gasteiger partial charge is 0.392 e. The molecule has 0 saturated carbocycles. The van der Waals surface area contributed by atoms with Crippen molar-refractivity contribution >= 4 is 0 Å². The first kappa shape index (κ1) is 22.6. The Morgan fingerprint density at radius 3 is 2.18 bits per heavy atom. The fourth-order valence-corrected chi connectivity index (χ4v) is 3.28. The molecule has 0 spiro atoms. The zero-order valence-corrected chi connectivity index (χ0v) is 17.1. The number of aliphatic hydroxyl groups excluding tert-OH is 2. The molecular formula is C24H35NO3. The van der Waals surface area contributed by atoms with Crippen LogP contribution in [0.5, 0.6) is 0 Å². The van der Waals surface area contributed by atoms with E-state index in [0.717, 1.165) is 55.7 Å². The number of ether oxygens (including phenoxy) is 1. The molecule has 0 saturated heterocycles. The second kappa shape index (κ2) is 13.5. The lowest BCUT2D eigenvalue weighted by Crippen LogP contribution is -2.17. The molecule has 0 radical (unpaired) electrons. The molecule has 0 unspecified atom stereocenters. The summed E-state index contributed by atoms with van der Waals surface area (Å²) in [6.07, 6.45) is 5.58. The summed E-state index contributed by atoms with van der Waals surface area (Å²) in [5.74, 6) is 0. The summed E-state index contributed by atoms with van der Waals surface area (Å²) in [6, 6.07) is 14.3. The van der Waals surface area contributed by atoms with Crippen LogP contribution in [-0.4, -0.2) is 30.0 Å². The minimum Gasteiger partial charge on any atom is -0.392 e. The van der Waals surface area contributed by atoms with Crippen LogP contribution < -0.4 is 5.32 Å². The molecule has 0 atom stereocenters. The first-order valence-corrected chi connectivity index (χ1v) is 10.4. The van der Waals surface area contributed by atoms with Crippen molar-refractivity contribution in [3.8, 4) is 0 Å². The van der Waals surface area contributed by atoms with E-state index < -0.39 is 0 Å². The van der Waals surface area contributed by atoms with Gasteiger partial charge in [-0.2, -0.15) is 0 Å². The topological polar surface area (TPSA) is 61.7 Å². The first-order valence-electron chi connectivity index (χ1n) is 10.4. The molecule has 154 valence electrons. The summed E-state index contributed by atoms with van der Waals surface area (Å²) < 4.78 is 5.74. The van der Waals surface area contributed by atoms with E-state index >= 15 is 0 Å². The van der Waals surface area contributed by atoms with Gasteiger partial charge in [-0.05, 0) is 55.0 Å². The lowest BCUT2D eigenvalue weighted by Gasteiger charge is -2.13. The fourth-order valence-electron chi connectivity index (χ4n) is 3.28. The molecular weight excluding hydrogens is 350 g/mol. The van der Waals surface area contributed by atoms with Crippen LogP contribution in [-0.2, 0) is 30.9 Å². The lowest BCUT2D eigenvalue weighted by atomic mass is 10.0. The van der Waals surface area contributed by atoms with E-state index in [1.54, 1.807) is 0 Å². The highest BCUT2D eigenvalue weighted by Gasteiger charge is 2.06. The quantitative estimate of drug-likeness (QED) is 0.432. The Morgan fingerprint density at radius 2 is 1.50 bits per heavy atom. The Morgan fingerprint density at radius 1 is 0.821 bits per heavy atom. The maximum absolute atomic E-state index is 9.45. The predicted molar refractivity (Wildman–Crippen MR) is 114 cm³/mol. The van der Waals surface area contributed by atoms with Crippen molar-refractivity contribution in [2.24, 2.45) is 0 Å². The van der Waals surface area contributed by atoms with E-state index in [0.29, 0.717) is 6.54 Å². The Hall–Kier alpha value is -1.72. The molecule has 0 fully saturated rings. The molecule has 0 aromatic heterocycles. The van der Waals surface area contributed by atoms with Gasteiger partial charge in [0.05, 0.1) is 19.8 Å². The number of unbranched alkanes of at least 4 members (excludes halogenated alkanes) is 3. The number of hydrogen-bond acceptors (Lipinski definition) is 4. The monoisotopic (exact) mass is 385 g/mol. The molecule has 2 aromatic carbocycles. The highest BCUT2D eigenvalue weighted by Crippen LogP contribution is 2.15. The second-order valence-electron chi connectivity index (χ2n) is 7.31. The van der Waals surface area contributed by atoms with Gasteiger partial charge >= 0.3 is 0 Å². The van der Waals surface area contributed by atoms with Crippen LogP contribution >= 0.6 is 0 Å². The molecule has 4 nitrogen and oxygen atoms in total. The molecule has 0 aliphatic carbocycles. The summed E-state index contributed by atoms with van der Waals surface area (Å²) in [6.45, 7) is 5.39. The molecule has 0 bridgehead atoms. The van der Waals surface area contributed by atoms with Gasteiger partial charge in [-0.3, -0.25) is 0 Å². The van der Waals surface area contributed by atoms with Crippen molar-refractivity contribution in [1.29, 1.82) is 0 Å². The van der Waals surface area contributed by atoms with E-state index in [-0.39, 0.29) is 13.2 Å². The summed E-state index contributed by atoms with van der Waals surface area (Å²) in [7, 11) is 0. The Balaban J connectivity index is 1.47. The maximum Gasteiger partial charge on any atom is 0.0685 e. The van der Waals surface area contributed by atoms with E-state index in [1.807, 2.05) is 18.2 Å². The van der Waals surface area contributed by atoms with Crippen molar-refractivity contribution < 1.29 is 14.9 Å². The third kappa shape index (κ3) is 8.11. The number of benzene rings is 2. The Kier molecular flexibility index (Phi) is 10.8. The maximum atomic E-state index is 9.45. The van der Waals surface area contributed by atoms with Gasteiger partial charge in [0.15, 0.2) is 0 Å². The number of hydrogen-bond donors (Lipinski definition) is 3. The summed E-state index contributed by atoms with van der Waals surface area (Å²) in [4.78, 5) is 0. The van der Waals surface area contributed by atoms with Crippen LogP contribution in [0.25, 0.3) is 0 Å². The minimum atomic E-state index is 0.00870. The van der Waals surface area contributed by atoms with Crippen molar-refractivity contribution in [1.82, 2.24) is 5.32 Å². The average Bonchev–Trinajstić information content (AvgIpc) is 2.73. The van der Waals surface area contributed by atoms with Crippen molar-refractivity contribution in [3.63, 3.8) is 0 Å². The van der Waals surface area contributed by atoms with Crippen LogP contribution in [0.15, 0.2) is 42.5 Å². The van der Waals surface area contributed by atoms with Crippen LogP contribution in [0.3, 0.4) is 0 Å². The summed E-state index contributed by atoms with van der Waals surface area (Å²) in [5.41, 5.74) is 5.44. The SMILES string of the molecule is Cc1ccc(CCOCCCCCCNCc2c(CO)cccc2CO)cc1. The summed E-state index contributed by atoms with van der Waals surface area (Å²) in [5, 5.41) is 22.3. The summed E-state index contributed by atoms with van der Waals surface area (Å²) >= 11 is 0. The van der Waals surface area contributed by atoms with Gasteiger partial charge in [0.25, 0.3) is 0 Å². The molecule has 28 heavy (non-hydrogen) atoms. The van der Waals surface area contributed by atoms with Crippen LogP contribution in [0, 0.1) is 6.92 Å². The molecule has 0 aliphatic rings. The molecule has 2 aromatic rings. The third-order valence-electron chi connectivity index (χ3n) is 5.06. The highest BCUT2D eigenvalue weighted by molar-refractivity contribution is 5.34. The van der Waals surface area contributed by atoms with E-state index in [4.69, 9.17) is 4.74 Å². The Labute approximate surface area is 169 Å². The highest BCUT2D eigenvalue weighted by atomic mass is 16.5. The van der Waals surface area contributed by atoms with E-state index in [2.05, 4.69) is 36.5 Å². The molecule has 3 N–H and O–H groups in total. The second-order valence-corrected chi connectivity index (χ2v) is 7.31. The van der Waals surface area contributed by atoms with Crippen LogP contribution in [0.4, 0.5) is 0 Å². The van der Waals surface area contributed by atoms with Crippen molar-refractivity contribution in [2.75, 3.05) is 19.8 Å². The number of rotatable bonds is 14. The van der Waals surface area contributed by atoms with E-state index in [1.165, 1.54) is 24.0 Å². The third-order valence-corrected chi connectivity index (χ3v) is 5.06. The average molecular weight is 386 g/mol. The van der Waals surface area contributed by atoms with Crippen LogP contribution in [0.2, 0.25) is 0 Å². The zero-order valence-electron chi connectivity index (χ0n) is 17.1. The van der Waals surface area contributed by atoms with Gasteiger partial charge in [0.2, 0.25) is 0 Å². The Bertz CT molecular complexity index is 648. The normalized spacial score (nSPS) is 11.1. The number of nitrogens with one attached hydrogen (secondary N) is 1. The van der Waals surface area contributed by atoms with Crippen molar-refractivity contribution in [2.45, 2.75) is 58.8 Å². The van der Waals surface area contributed by atoms with Gasteiger partial charge in [-0.1, -0.05) is 60.9 Å². The fraction of sp³-hybridized carbons (Fsp3) is 0.500. The van der Waals surface area contributed by atoms with E-state index in [9.17, 15) is 10.2 Å². The first-order chi connectivity index (χ1) is 13.7. The molecule has 4 heteroatoms. The molecule has 2 rings (SSSR count). The standard InChI is InChI=1S/C24H35NO3/c1-20-9-11-21(12-10-20)13-16-28-15-5-3-2-4-14-25-17-24-22(18-26)7-6-8-23(24)19-27/h6-12,25-27H,2-5,13-19H2,1H3. The molecule has 0 amide bonds. The minimum absolute atomic E-state index is 0.00870. The van der Waals surface area contributed by atoms with Gasteiger partial charge in [-0.15, -0.1) is 0 Å². The van der Waals surface area contributed by atoms with Gasteiger partial charge < -0.3 is 20.3 Å². The zero-order chi connectivity index (χ0) is 20.0.